The molecule has 2 aliphatic heterocycles. The Bertz CT molecular complexity index is 1250. The molecule has 1 aromatic heterocycles. The van der Waals surface area contributed by atoms with Gasteiger partial charge in [-0.25, -0.2) is 4.39 Å². The predicted molar refractivity (Wildman–Crippen MR) is 129 cm³/mol. The fraction of sp³-hybridized carbons (Fsp3) is 0.360. The first-order chi connectivity index (χ1) is 16.6. The van der Waals surface area contributed by atoms with E-state index in [4.69, 9.17) is 0 Å². The second-order valence-electron chi connectivity index (χ2n) is 9.11. The van der Waals surface area contributed by atoms with Crippen LogP contribution in [0.4, 0.5) is 10.1 Å². The van der Waals surface area contributed by atoms with Gasteiger partial charge < -0.3 is 25.4 Å². The van der Waals surface area contributed by atoms with Gasteiger partial charge in [-0.15, -0.1) is 0 Å². The normalized spacial score (nSPS) is 16.8. The number of hydrogen-bond acceptors (Lipinski definition) is 4. The number of benzene rings is 1. The van der Waals surface area contributed by atoms with Crippen molar-refractivity contribution in [3.8, 4) is 0 Å². The number of carbonyl (C=O) groups excluding carboxylic acids is 4. The second-order valence-corrected chi connectivity index (χ2v) is 9.11. The third-order valence-corrected chi connectivity index (χ3v) is 6.46. The van der Waals surface area contributed by atoms with E-state index in [1.807, 2.05) is 0 Å². The van der Waals surface area contributed by atoms with Gasteiger partial charge in [-0.1, -0.05) is 0 Å². The zero-order valence-electron chi connectivity index (χ0n) is 20.1. The van der Waals surface area contributed by atoms with Gasteiger partial charge in [0.2, 0.25) is 0 Å². The average molecular weight is 482 g/mol. The molecule has 35 heavy (non-hydrogen) atoms. The van der Waals surface area contributed by atoms with Crippen LogP contribution in [0, 0.1) is 19.7 Å². The summed E-state index contributed by atoms with van der Waals surface area (Å²) in [5, 5.41) is 5.74. The SMILES string of the molecule is Cc1[nH]c(/C=C2\C(=O)Nc3ccc(F)cc32)c(C)c1C(=O)NC1CCN(C(=O)C(=O)N(C)C)CC1. The number of anilines is 1. The summed E-state index contributed by atoms with van der Waals surface area (Å²) in [6, 6.07) is 3.98. The van der Waals surface area contributed by atoms with Crippen molar-refractivity contribution in [2.45, 2.75) is 32.7 Å². The Kier molecular flexibility index (Phi) is 6.47. The van der Waals surface area contributed by atoms with Gasteiger partial charge in [0.25, 0.3) is 11.8 Å². The van der Waals surface area contributed by atoms with E-state index < -0.39 is 17.6 Å². The number of nitrogens with one attached hydrogen (secondary N) is 3. The Morgan fingerprint density at radius 2 is 1.86 bits per heavy atom. The van der Waals surface area contributed by atoms with Crippen LogP contribution in [-0.2, 0) is 14.4 Å². The molecule has 0 atom stereocenters. The number of piperidine rings is 1. The van der Waals surface area contributed by atoms with Crippen molar-refractivity contribution in [1.29, 1.82) is 0 Å². The number of hydrogen-bond donors (Lipinski definition) is 3. The Morgan fingerprint density at radius 3 is 2.51 bits per heavy atom. The van der Waals surface area contributed by atoms with E-state index in [2.05, 4.69) is 15.6 Å². The molecule has 1 saturated heterocycles. The number of H-pyrrole nitrogens is 1. The van der Waals surface area contributed by atoms with Crippen molar-refractivity contribution >= 4 is 41.0 Å². The summed E-state index contributed by atoms with van der Waals surface area (Å²) in [5.74, 6) is -2.12. The summed E-state index contributed by atoms with van der Waals surface area (Å²) in [6.07, 6.45) is 2.71. The zero-order valence-corrected chi connectivity index (χ0v) is 20.1. The molecule has 0 saturated carbocycles. The van der Waals surface area contributed by atoms with E-state index in [1.165, 1.54) is 42.1 Å². The van der Waals surface area contributed by atoms with Gasteiger partial charge in [0.1, 0.15) is 5.82 Å². The molecule has 0 aliphatic carbocycles. The third kappa shape index (κ3) is 4.68. The van der Waals surface area contributed by atoms with Crippen LogP contribution in [-0.4, -0.2) is 71.6 Å². The van der Waals surface area contributed by atoms with Crippen LogP contribution in [0.15, 0.2) is 18.2 Å². The molecule has 4 amide bonds. The van der Waals surface area contributed by atoms with Crippen molar-refractivity contribution in [1.82, 2.24) is 20.1 Å². The van der Waals surface area contributed by atoms with Gasteiger partial charge in [-0.3, -0.25) is 19.2 Å². The van der Waals surface area contributed by atoms with E-state index in [1.54, 1.807) is 19.9 Å². The standard InChI is InChI=1S/C25H28FN5O4/c1-13-20(12-18-17-11-15(26)5-6-19(17)29-22(18)32)27-14(2)21(13)23(33)28-16-7-9-31(10-8-16)25(35)24(34)30(3)4/h5-6,11-12,16,27H,7-10H2,1-4H3,(H,28,33)(H,29,32)/b18-12-. The molecule has 9 nitrogen and oxygen atoms in total. The molecule has 0 unspecified atom stereocenters. The summed E-state index contributed by atoms with van der Waals surface area (Å²) in [4.78, 5) is 55.6. The van der Waals surface area contributed by atoms with Crippen molar-refractivity contribution in [3.05, 3.63) is 52.1 Å². The fourth-order valence-electron chi connectivity index (χ4n) is 4.52. The largest absolute Gasteiger partial charge is 0.358 e. The summed E-state index contributed by atoms with van der Waals surface area (Å²) < 4.78 is 13.8. The Hall–Kier alpha value is -3.95. The highest BCUT2D eigenvalue weighted by Crippen LogP contribution is 2.34. The molecular formula is C25H28FN5O4. The molecule has 2 aromatic rings. The van der Waals surface area contributed by atoms with Gasteiger partial charge in [0.05, 0.1) is 11.1 Å². The lowest BCUT2D eigenvalue weighted by atomic mass is 10.0. The summed E-state index contributed by atoms with van der Waals surface area (Å²) in [6.45, 7) is 4.34. The maximum absolute atomic E-state index is 13.8. The molecule has 0 radical (unpaired) electrons. The highest BCUT2D eigenvalue weighted by Gasteiger charge is 2.30. The topological polar surface area (TPSA) is 115 Å². The number of aryl methyl sites for hydroxylation is 1. The molecule has 0 bridgehead atoms. The van der Waals surface area contributed by atoms with Crippen LogP contribution in [0.1, 0.15) is 45.7 Å². The predicted octanol–water partition coefficient (Wildman–Crippen LogP) is 2.07. The van der Waals surface area contributed by atoms with E-state index in [-0.39, 0.29) is 17.9 Å². The van der Waals surface area contributed by atoms with Gasteiger partial charge in [-0.2, -0.15) is 0 Å². The summed E-state index contributed by atoms with van der Waals surface area (Å²) in [5.41, 5.74) is 3.73. The van der Waals surface area contributed by atoms with Crippen LogP contribution in [0.2, 0.25) is 0 Å². The zero-order chi connectivity index (χ0) is 25.4. The van der Waals surface area contributed by atoms with Crippen molar-refractivity contribution in [2.75, 3.05) is 32.5 Å². The number of nitrogens with zero attached hydrogens (tertiary/aromatic N) is 2. The smallest absolute Gasteiger partial charge is 0.312 e. The molecule has 10 heteroatoms. The Labute approximate surface area is 202 Å². The van der Waals surface area contributed by atoms with Crippen LogP contribution in [0.25, 0.3) is 11.6 Å². The fourth-order valence-corrected chi connectivity index (χ4v) is 4.52. The molecule has 184 valence electrons. The molecule has 4 rings (SSSR count). The minimum atomic E-state index is -0.561. The molecule has 3 heterocycles. The Morgan fingerprint density at radius 1 is 1.17 bits per heavy atom. The number of aromatic nitrogens is 1. The number of carbonyl (C=O) groups is 4. The number of likely N-dealkylation sites (N-methyl/N-ethyl adjacent to an activating group) is 1. The highest BCUT2D eigenvalue weighted by molar-refractivity contribution is 6.35. The summed E-state index contributed by atoms with van der Waals surface area (Å²) in [7, 11) is 3.07. The molecule has 2 aliphatic rings. The first-order valence-electron chi connectivity index (χ1n) is 11.4. The monoisotopic (exact) mass is 481 g/mol. The first kappa shape index (κ1) is 24.2. The van der Waals surface area contributed by atoms with E-state index in [0.29, 0.717) is 65.3 Å². The lowest BCUT2D eigenvalue weighted by Gasteiger charge is -2.32. The van der Waals surface area contributed by atoms with Crippen LogP contribution in [0.3, 0.4) is 0 Å². The molecule has 3 N–H and O–H groups in total. The average Bonchev–Trinajstić information content (AvgIpc) is 3.27. The molecular weight excluding hydrogens is 453 g/mol. The van der Waals surface area contributed by atoms with Gasteiger partial charge in [0.15, 0.2) is 0 Å². The van der Waals surface area contributed by atoms with Gasteiger partial charge in [-0.05, 0) is 56.5 Å². The quantitative estimate of drug-likeness (QED) is 0.460. The van der Waals surface area contributed by atoms with E-state index >= 15 is 0 Å². The number of fused-ring (bicyclic) bond motifs is 1. The molecule has 0 spiro atoms. The van der Waals surface area contributed by atoms with E-state index in [0.717, 1.165) is 0 Å². The highest BCUT2D eigenvalue weighted by atomic mass is 19.1. The lowest BCUT2D eigenvalue weighted by molar-refractivity contribution is -0.151. The van der Waals surface area contributed by atoms with Crippen molar-refractivity contribution < 1.29 is 23.6 Å². The maximum Gasteiger partial charge on any atom is 0.312 e. The number of halogens is 1. The first-order valence-corrected chi connectivity index (χ1v) is 11.4. The van der Waals surface area contributed by atoms with E-state index in [9.17, 15) is 23.6 Å². The minimum absolute atomic E-state index is 0.132. The molecule has 1 aromatic carbocycles. The maximum atomic E-state index is 13.8. The van der Waals surface area contributed by atoms with Crippen molar-refractivity contribution in [3.63, 3.8) is 0 Å². The van der Waals surface area contributed by atoms with Crippen LogP contribution in [0.5, 0.6) is 0 Å². The van der Waals surface area contributed by atoms with Gasteiger partial charge >= 0.3 is 11.8 Å². The van der Waals surface area contributed by atoms with Crippen molar-refractivity contribution in [2.24, 2.45) is 0 Å². The lowest BCUT2D eigenvalue weighted by Crippen LogP contribution is -2.50. The van der Waals surface area contributed by atoms with Crippen LogP contribution >= 0.6 is 0 Å². The number of amides is 4. The van der Waals surface area contributed by atoms with Crippen LogP contribution < -0.4 is 10.6 Å². The van der Waals surface area contributed by atoms with Gasteiger partial charge in [0, 0.05) is 55.9 Å². The number of likely N-dealkylation sites (tertiary alicyclic amines) is 1. The Balaban J connectivity index is 1.47. The minimum Gasteiger partial charge on any atom is -0.358 e. The number of aromatic amines is 1. The number of rotatable bonds is 3. The summed E-state index contributed by atoms with van der Waals surface area (Å²) >= 11 is 0. The molecule has 1 fully saturated rings. The third-order valence-electron chi connectivity index (χ3n) is 6.46. The second kappa shape index (κ2) is 9.36.